The second-order valence-corrected chi connectivity index (χ2v) is 3.67. The molecule has 1 aromatic carbocycles. The van der Waals surface area contributed by atoms with Crippen LogP contribution in [-0.2, 0) is 0 Å². The van der Waals surface area contributed by atoms with E-state index in [1.54, 1.807) is 10.6 Å². The molecule has 1 amide bonds. The van der Waals surface area contributed by atoms with E-state index < -0.39 is 5.91 Å². The molecule has 4 N–H and O–H groups in total. The van der Waals surface area contributed by atoms with Crippen LogP contribution in [0, 0.1) is 0 Å². The average Bonchev–Trinajstić information content (AvgIpc) is 2.68. The Morgan fingerprint density at radius 2 is 2.00 bits per heavy atom. The van der Waals surface area contributed by atoms with Crippen LogP contribution < -0.4 is 11.5 Å². The molecule has 0 aliphatic carbocycles. The predicted octanol–water partition coefficient (Wildman–Crippen LogP) is 0.564. The number of hydrogen-bond donors (Lipinski definition) is 2. The third-order valence-corrected chi connectivity index (χ3v) is 2.57. The van der Waals surface area contributed by atoms with Crippen molar-refractivity contribution < 1.29 is 4.79 Å². The Kier molecular flexibility index (Phi) is 1.79. The summed E-state index contributed by atoms with van der Waals surface area (Å²) in [5.74, 6) is -0.422. The van der Waals surface area contributed by atoms with E-state index >= 15 is 0 Å². The number of rotatable bonds is 1. The van der Waals surface area contributed by atoms with E-state index in [1.165, 1.54) is 0 Å². The van der Waals surface area contributed by atoms with E-state index in [0.717, 1.165) is 11.0 Å². The van der Waals surface area contributed by atoms with Gasteiger partial charge in [0.1, 0.15) is 5.69 Å². The number of amides is 1. The zero-order valence-electron chi connectivity index (χ0n) is 8.79. The molecule has 0 radical (unpaired) electrons. The molecule has 6 nitrogen and oxygen atoms in total. The van der Waals surface area contributed by atoms with E-state index in [-0.39, 0.29) is 11.5 Å². The van der Waals surface area contributed by atoms with Crippen molar-refractivity contribution in [3.05, 3.63) is 36.2 Å². The van der Waals surface area contributed by atoms with Crippen molar-refractivity contribution in [3.63, 3.8) is 0 Å². The lowest BCUT2D eigenvalue weighted by Gasteiger charge is -2.01. The highest BCUT2D eigenvalue weighted by atomic mass is 16.1. The third-order valence-electron chi connectivity index (χ3n) is 2.57. The molecule has 0 saturated carbocycles. The van der Waals surface area contributed by atoms with Gasteiger partial charge in [-0.15, -0.1) is 0 Å². The number of nitrogen functional groups attached to an aromatic ring is 1. The summed E-state index contributed by atoms with van der Waals surface area (Å²) in [7, 11) is 0. The maximum absolute atomic E-state index is 11.1. The van der Waals surface area contributed by atoms with Gasteiger partial charge in [-0.1, -0.05) is 12.1 Å². The number of aromatic nitrogens is 3. The number of carbonyl (C=O) groups excluding carboxylic acids is 1. The SMILES string of the molecule is NC(=O)c1cn2c(nc3ccccc32)c(N)n1. The van der Waals surface area contributed by atoms with Crippen molar-refractivity contribution in [2.75, 3.05) is 5.73 Å². The molecule has 0 aliphatic heterocycles. The average molecular weight is 227 g/mol. The van der Waals surface area contributed by atoms with Crippen molar-refractivity contribution in [2.45, 2.75) is 0 Å². The first-order valence-corrected chi connectivity index (χ1v) is 5.00. The highest BCUT2D eigenvalue weighted by Crippen LogP contribution is 2.19. The molecule has 2 heterocycles. The van der Waals surface area contributed by atoms with Gasteiger partial charge in [0.25, 0.3) is 5.91 Å². The monoisotopic (exact) mass is 227 g/mol. The molecule has 17 heavy (non-hydrogen) atoms. The molecule has 0 atom stereocenters. The van der Waals surface area contributed by atoms with Gasteiger partial charge in [0.2, 0.25) is 0 Å². The second-order valence-electron chi connectivity index (χ2n) is 3.67. The summed E-state index contributed by atoms with van der Waals surface area (Å²) in [6.07, 6.45) is 1.54. The molecule has 0 bridgehead atoms. The minimum Gasteiger partial charge on any atom is -0.381 e. The lowest BCUT2D eigenvalue weighted by molar-refractivity contribution is 0.0995. The second kappa shape index (κ2) is 3.18. The largest absolute Gasteiger partial charge is 0.381 e. The van der Waals surface area contributed by atoms with E-state index in [1.807, 2.05) is 24.3 Å². The van der Waals surface area contributed by atoms with Gasteiger partial charge in [-0.25, -0.2) is 9.97 Å². The lowest BCUT2D eigenvalue weighted by Crippen LogP contribution is -2.15. The summed E-state index contributed by atoms with van der Waals surface area (Å²) in [4.78, 5) is 19.4. The van der Waals surface area contributed by atoms with Crippen LogP contribution in [0.4, 0.5) is 5.82 Å². The number of benzene rings is 1. The number of nitrogens with two attached hydrogens (primary N) is 2. The fourth-order valence-electron chi connectivity index (χ4n) is 1.81. The molecule has 0 saturated heterocycles. The first-order chi connectivity index (χ1) is 8.16. The number of hydrogen-bond acceptors (Lipinski definition) is 4. The first-order valence-electron chi connectivity index (χ1n) is 5.00. The Hall–Kier alpha value is -2.63. The Labute approximate surface area is 95.9 Å². The highest BCUT2D eigenvalue weighted by Gasteiger charge is 2.11. The third kappa shape index (κ3) is 1.31. The maximum Gasteiger partial charge on any atom is 0.268 e. The van der Waals surface area contributed by atoms with Gasteiger partial charge >= 0.3 is 0 Å². The molecule has 3 aromatic rings. The van der Waals surface area contributed by atoms with Gasteiger partial charge in [-0.05, 0) is 12.1 Å². The molecule has 84 valence electrons. The van der Waals surface area contributed by atoms with Crippen LogP contribution in [0.3, 0.4) is 0 Å². The smallest absolute Gasteiger partial charge is 0.268 e. The van der Waals surface area contributed by atoms with Crippen LogP contribution in [0.2, 0.25) is 0 Å². The van der Waals surface area contributed by atoms with Gasteiger partial charge in [-0.3, -0.25) is 9.20 Å². The quantitative estimate of drug-likeness (QED) is 0.634. The number of carbonyl (C=O) groups is 1. The zero-order chi connectivity index (χ0) is 12.0. The molecule has 0 spiro atoms. The topological polar surface area (TPSA) is 99.3 Å². The van der Waals surface area contributed by atoms with Crippen molar-refractivity contribution in [1.82, 2.24) is 14.4 Å². The van der Waals surface area contributed by atoms with Crippen LogP contribution in [0.1, 0.15) is 10.5 Å². The summed E-state index contributed by atoms with van der Waals surface area (Å²) in [5, 5.41) is 0. The lowest BCUT2D eigenvalue weighted by atomic mass is 10.3. The van der Waals surface area contributed by atoms with E-state index in [4.69, 9.17) is 11.5 Å². The first kappa shape index (κ1) is 9.59. The predicted molar refractivity (Wildman–Crippen MR) is 63.4 cm³/mol. The van der Waals surface area contributed by atoms with Gasteiger partial charge in [0, 0.05) is 6.20 Å². The fraction of sp³-hybridized carbons (Fsp3) is 0. The molecule has 3 rings (SSSR count). The number of anilines is 1. The maximum atomic E-state index is 11.1. The molecular formula is C11H9N5O. The molecule has 2 aromatic heterocycles. The number of imidazole rings is 1. The molecular weight excluding hydrogens is 218 g/mol. The number of nitrogens with zero attached hydrogens (tertiary/aromatic N) is 3. The van der Waals surface area contributed by atoms with Gasteiger partial charge in [-0.2, -0.15) is 0 Å². The van der Waals surface area contributed by atoms with Gasteiger partial charge in [0.05, 0.1) is 11.0 Å². The van der Waals surface area contributed by atoms with Gasteiger partial charge < -0.3 is 11.5 Å². The Morgan fingerprint density at radius 3 is 2.76 bits per heavy atom. The summed E-state index contributed by atoms with van der Waals surface area (Å²) in [6.45, 7) is 0. The Morgan fingerprint density at radius 1 is 1.24 bits per heavy atom. The number of para-hydroxylation sites is 2. The summed E-state index contributed by atoms with van der Waals surface area (Å²) >= 11 is 0. The minimum atomic E-state index is -0.614. The molecule has 6 heteroatoms. The van der Waals surface area contributed by atoms with Gasteiger partial charge in [0.15, 0.2) is 11.5 Å². The van der Waals surface area contributed by atoms with Crippen molar-refractivity contribution in [3.8, 4) is 0 Å². The number of primary amides is 1. The number of fused-ring (bicyclic) bond motifs is 3. The van der Waals surface area contributed by atoms with Crippen molar-refractivity contribution >= 4 is 28.4 Å². The van der Waals surface area contributed by atoms with E-state index in [2.05, 4.69) is 9.97 Å². The highest BCUT2D eigenvalue weighted by molar-refractivity contribution is 5.92. The fourth-order valence-corrected chi connectivity index (χ4v) is 1.81. The zero-order valence-corrected chi connectivity index (χ0v) is 8.79. The minimum absolute atomic E-state index is 0.123. The van der Waals surface area contributed by atoms with Crippen LogP contribution >= 0.6 is 0 Å². The van der Waals surface area contributed by atoms with E-state index in [9.17, 15) is 4.79 Å². The Bertz CT molecular complexity index is 746. The van der Waals surface area contributed by atoms with Crippen LogP contribution in [0.5, 0.6) is 0 Å². The van der Waals surface area contributed by atoms with Crippen molar-refractivity contribution in [2.24, 2.45) is 5.73 Å². The summed E-state index contributed by atoms with van der Waals surface area (Å²) < 4.78 is 1.72. The van der Waals surface area contributed by atoms with Crippen molar-refractivity contribution in [1.29, 1.82) is 0 Å². The standard InChI is InChI=1S/C11H9N5O/c12-9-11-15-6-3-1-2-4-8(6)16(11)5-7(14-9)10(13)17/h1-5H,(H2,12,14)(H2,13,17). The van der Waals surface area contributed by atoms with E-state index in [0.29, 0.717) is 5.65 Å². The van der Waals surface area contributed by atoms with Crippen LogP contribution in [0.25, 0.3) is 16.7 Å². The Balaban J connectivity index is 2.50. The summed E-state index contributed by atoms with van der Waals surface area (Å²) in [5.41, 5.74) is 13.3. The molecule has 0 unspecified atom stereocenters. The molecule has 0 aliphatic rings. The van der Waals surface area contributed by atoms with Crippen LogP contribution in [-0.4, -0.2) is 20.3 Å². The normalized spacial score (nSPS) is 11.1. The van der Waals surface area contributed by atoms with Crippen LogP contribution in [0.15, 0.2) is 30.5 Å². The summed E-state index contributed by atoms with van der Waals surface area (Å²) in [6, 6.07) is 7.52. The molecule has 0 fully saturated rings.